The molecule has 0 fully saturated rings. The van der Waals surface area contributed by atoms with Crippen LogP contribution in [0.2, 0.25) is 0 Å². The highest BCUT2D eigenvalue weighted by Gasteiger charge is 2.15. The van der Waals surface area contributed by atoms with E-state index >= 15 is 0 Å². The maximum absolute atomic E-state index is 3.55. The van der Waals surface area contributed by atoms with E-state index in [4.69, 9.17) is 0 Å². The predicted molar refractivity (Wildman–Crippen MR) is 101 cm³/mol. The van der Waals surface area contributed by atoms with E-state index in [1.54, 1.807) is 0 Å². The van der Waals surface area contributed by atoms with Crippen molar-refractivity contribution in [2.24, 2.45) is 0 Å². The van der Waals surface area contributed by atoms with Crippen LogP contribution in [0.1, 0.15) is 49.9 Å². The molecule has 2 heteroatoms. The molecule has 0 amide bonds. The van der Waals surface area contributed by atoms with Gasteiger partial charge in [-0.3, -0.25) is 4.90 Å². The molecule has 1 N–H and O–H groups in total. The van der Waals surface area contributed by atoms with Crippen LogP contribution in [-0.2, 0) is 6.54 Å². The Morgan fingerprint density at radius 3 is 2.43 bits per heavy atom. The summed E-state index contributed by atoms with van der Waals surface area (Å²) in [5, 5.41) is 3.55. The zero-order chi connectivity index (χ0) is 16.7. The smallest absolute Gasteiger partial charge is 0.0373 e. The predicted octanol–water partition coefficient (Wildman–Crippen LogP) is 5.40. The molecular weight excluding hydrogens is 280 g/mol. The van der Waals surface area contributed by atoms with E-state index < -0.39 is 0 Å². The molecule has 1 atom stereocenters. The molecule has 0 radical (unpaired) electrons. The van der Waals surface area contributed by atoms with Crippen molar-refractivity contribution < 1.29 is 0 Å². The lowest BCUT2D eigenvalue weighted by atomic mass is 10.0. The summed E-state index contributed by atoms with van der Waals surface area (Å²) < 4.78 is 0. The third-order valence-corrected chi connectivity index (χ3v) is 4.49. The van der Waals surface area contributed by atoms with E-state index in [2.05, 4.69) is 86.4 Å². The van der Waals surface area contributed by atoms with E-state index in [-0.39, 0.29) is 0 Å². The van der Waals surface area contributed by atoms with Gasteiger partial charge in [-0.25, -0.2) is 0 Å². The highest BCUT2D eigenvalue weighted by Crippen LogP contribution is 2.26. The number of hydrogen-bond donors (Lipinski definition) is 1. The molecule has 0 bridgehead atoms. The first-order valence-electron chi connectivity index (χ1n) is 8.78. The summed E-state index contributed by atoms with van der Waals surface area (Å²) in [5.41, 5.74) is 5.34. The van der Waals surface area contributed by atoms with Crippen LogP contribution < -0.4 is 5.32 Å². The van der Waals surface area contributed by atoms with Crippen molar-refractivity contribution in [2.45, 2.75) is 46.7 Å². The Morgan fingerprint density at radius 1 is 1.04 bits per heavy atom. The Morgan fingerprint density at radius 2 is 1.78 bits per heavy atom. The minimum atomic E-state index is 0.406. The van der Waals surface area contributed by atoms with Gasteiger partial charge in [0.1, 0.15) is 0 Å². The quantitative estimate of drug-likeness (QED) is 0.702. The van der Waals surface area contributed by atoms with Gasteiger partial charge in [0.25, 0.3) is 0 Å². The molecule has 124 valence electrons. The fourth-order valence-electron chi connectivity index (χ4n) is 2.90. The summed E-state index contributed by atoms with van der Waals surface area (Å²) in [5.74, 6) is 0. The fourth-order valence-corrected chi connectivity index (χ4v) is 2.90. The van der Waals surface area contributed by atoms with Gasteiger partial charge in [-0.2, -0.15) is 0 Å². The summed E-state index contributed by atoms with van der Waals surface area (Å²) in [7, 11) is 0. The third-order valence-electron chi connectivity index (χ3n) is 4.49. The molecule has 0 aromatic heterocycles. The highest BCUT2D eigenvalue weighted by molar-refractivity contribution is 5.53. The van der Waals surface area contributed by atoms with Gasteiger partial charge in [-0.15, -0.1) is 0 Å². The number of rotatable bonds is 8. The van der Waals surface area contributed by atoms with Crippen LogP contribution in [0.25, 0.3) is 0 Å². The van der Waals surface area contributed by atoms with E-state index in [9.17, 15) is 0 Å². The summed E-state index contributed by atoms with van der Waals surface area (Å²) in [6, 6.07) is 18.0. The molecule has 0 heterocycles. The molecular formula is C21H30N2. The topological polar surface area (TPSA) is 15.3 Å². The lowest BCUT2D eigenvalue weighted by Crippen LogP contribution is -2.26. The standard InChI is InChI=1S/C21H30N2/c1-5-14-22-21-15-20(13-12-17(21)3)18(4)23(6-2)16-19-10-8-7-9-11-19/h7-13,15,18,22H,5-6,14,16H2,1-4H3/t18-/m1/s1. The monoisotopic (exact) mass is 310 g/mol. The number of hydrogen-bond acceptors (Lipinski definition) is 2. The van der Waals surface area contributed by atoms with Gasteiger partial charge in [0, 0.05) is 24.8 Å². The summed E-state index contributed by atoms with van der Waals surface area (Å²) in [6.45, 7) is 12.0. The Bertz CT molecular complexity index is 592. The Kier molecular flexibility index (Phi) is 6.66. The van der Waals surface area contributed by atoms with Gasteiger partial charge >= 0.3 is 0 Å². The number of nitrogens with one attached hydrogen (secondary N) is 1. The summed E-state index contributed by atoms with van der Waals surface area (Å²) in [6.07, 6.45) is 1.15. The SMILES string of the molecule is CCCNc1cc([C@@H](C)N(CC)Cc2ccccc2)ccc1C. The van der Waals surface area contributed by atoms with Gasteiger partial charge in [0.05, 0.1) is 0 Å². The van der Waals surface area contributed by atoms with Crippen LogP contribution in [0, 0.1) is 6.92 Å². The molecule has 0 aliphatic rings. The molecule has 23 heavy (non-hydrogen) atoms. The minimum absolute atomic E-state index is 0.406. The molecule has 0 spiro atoms. The summed E-state index contributed by atoms with van der Waals surface area (Å²) in [4.78, 5) is 2.52. The van der Waals surface area contributed by atoms with E-state index in [0.29, 0.717) is 6.04 Å². The molecule has 0 saturated carbocycles. The van der Waals surface area contributed by atoms with Crippen LogP contribution in [0.15, 0.2) is 48.5 Å². The molecule has 0 unspecified atom stereocenters. The van der Waals surface area contributed by atoms with Gasteiger partial charge in [-0.05, 0) is 49.6 Å². The third kappa shape index (κ3) is 4.84. The fraction of sp³-hybridized carbons (Fsp3) is 0.429. The normalized spacial score (nSPS) is 12.4. The zero-order valence-corrected chi connectivity index (χ0v) is 15.0. The molecule has 2 aromatic rings. The number of anilines is 1. The second-order valence-electron chi connectivity index (χ2n) is 6.23. The van der Waals surface area contributed by atoms with Gasteiger partial charge in [0.2, 0.25) is 0 Å². The lowest BCUT2D eigenvalue weighted by Gasteiger charge is -2.29. The number of nitrogens with zero attached hydrogens (tertiary/aromatic N) is 1. The first kappa shape index (κ1) is 17.6. The second-order valence-corrected chi connectivity index (χ2v) is 6.23. The van der Waals surface area contributed by atoms with Crippen molar-refractivity contribution in [3.05, 3.63) is 65.2 Å². The Balaban J connectivity index is 2.15. The number of aryl methyl sites for hydroxylation is 1. The van der Waals surface area contributed by atoms with Crippen molar-refractivity contribution in [3.63, 3.8) is 0 Å². The van der Waals surface area contributed by atoms with Crippen LogP contribution in [0.5, 0.6) is 0 Å². The van der Waals surface area contributed by atoms with Crippen LogP contribution in [0.4, 0.5) is 5.69 Å². The maximum Gasteiger partial charge on any atom is 0.0373 e. The second kappa shape index (κ2) is 8.73. The largest absolute Gasteiger partial charge is 0.385 e. The molecule has 0 aliphatic heterocycles. The molecule has 0 saturated heterocycles. The van der Waals surface area contributed by atoms with Crippen LogP contribution in [-0.4, -0.2) is 18.0 Å². The molecule has 2 nitrogen and oxygen atoms in total. The van der Waals surface area contributed by atoms with E-state index in [1.807, 2.05) is 0 Å². The molecule has 2 aromatic carbocycles. The first-order chi connectivity index (χ1) is 11.2. The van der Waals surface area contributed by atoms with E-state index in [1.165, 1.54) is 22.4 Å². The Hall–Kier alpha value is -1.80. The summed E-state index contributed by atoms with van der Waals surface area (Å²) >= 11 is 0. The van der Waals surface area contributed by atoms with Crippen molar-refractivity contribution in [1.29, 1.82) is 0 Å². The molecule has 0 aliphatic carbocycles. The highest BCUT2D eigenvalue weighted by atomic mass is 15.1. The number of benzene rings is 2. The molecule has 2 rings (SSSR count). The van der Waals surface area contributed by atoms with Gasteiger partial charge < -0.3 is 5.32 Å². The van der Waals surface area contributed by atoms with Gasteiger partial charge in [-0.1, -0.05) is 56.3 Å². The zero-order valence-electron chi connectivity index (χ0n) is 15.0. The van der Waals surface area contributed by atoms with Gasteiger partial charge in [0.15, 0.2) is 0 Å². The average molecular weight is 310 g/mol. The van der Waals surface area contributed by atoms with Crippen molar-refractivity contribution in [3.8, 4) is 0 Å². The van der Waals surface area contributed by atoms with Crippen LogP contribution >= 0.6 is 0 Å². The maximum atomic E-state index is 3.55. The Labute approximate surface area is 141 Å². The first-order valence-corrected chi connectivity index (χ1v) is 8.78. The minimum Gasteiger partial charge on any atom is -0.385 e. The van der Waals surface area contributed by atoms with Crippen LogP contribution in [0.3, 0.4) is 0 Å². The van der Waals surface area contributed by atoms with Crippen molar-refractivity contribution >= 4 is 5.69 Å². The van der Waals surface area contributed by atoms with E-state index in [0.717, 1.165) is 26.1 Å². The lowest BCUT2D eigenvalue weighted by molar-refractivity contribution is 0.213. The van der Waals surface area contributed by atoms with Crippen molar-refractivity contribution in [2.75, 3.05) is 18.4 Å². The average Bonchev–Trinajstić information content (AvgIpc) is 2.59. The van der Waals surface area contributed by atoms with Crippen molar-refractivity contribution in [1.82, 2.24) is 4.90 Å².